The van der Waals surface area contributed by atoms with Crippen molar-refractivity contribution < 1.29 is 13.2 Å². The van der Waals surface area contributed by atoms with E-state index in [1.807, 2.05) is 60.7 Å². The molecule has 0 aliphatic carbocycles. The molecule has 0 saturated heterocycles. The van der Waals surface area contributed by atoms with Gasteiger partial charge in [0.15, 0.2) is 0 Å². The van der Waals surface area contributed by atoms with E-state index in [1.165, 1.54) is 23.6 Å². The summed E-state index contributed by atoms with van der Waals surface area (Å²) in [6.07, 6.45) is 1.68. The number of fused-ring (bicyclic) bond motifs is 1. The summed E-state index contributed by atoms with van der Waals surface area (Å²) in [5.74, 6) is -0.536. The highest BCUT2D eigenvalue weighted by Crippen LogP contribution is 2.26. The molecule has 2 heterocycles. The van der Waals surface area contributed by atoms with Gasteiger partial charge in [-0.3, -0.25) is 15.1 Å². The van der Waals surface area contributed by atoms with Gasteiger partial charge < -0.3 is 0 Å². The van der Waals surface area contributed by atoms with Gasteiger partial charge in [0.1, 0.15) is 15.9 Å². The quantitative estimate of drug-likeness (QED) is 0.319. The molecule has 0 bridgehead atoms. The molecule has 1 amide bonds. The molecule has 2 N–H and O–H groups in total. The Balaban J connectivity index is 1.43. The van der Waals surface area contributed by atoms with Crippen molar-refractivity contribution in [2.45, 2.75) is 17.4 Å². The topological polar surface area (TPSA) is 114 Å². The Hall–Kier alpha value is -3.99. The van der Waals surface area contributed by atoms with E-state index in [9.17, 15) is 13.2 Å². The Kier molecular flexibility index (Phi) is 6.81. The van der Waals surface area contributed by atoms with Gasteiger partial charge >= 0.3 is 0 Å². The van der Waals surface area contributed by atoms with Crippen LogP contribution in [0, 0.1) is 0 Å². The van der Waals surface area contributed by atoms with Gasteiger partial charge in [-0.2, -0.15) is 4.72 Å². The second-order valence-corrected chi connectivity index (χ2v) is 10.6. The number of nitrogens with zero attached hydrogens (tertiary/aromatic N) is 3. The summed E-state index contributed by atoms with van der Waals surface area (Å²) in [6.45, 7) is 0. The highest BCUT2D eigenvalue weighted by atomic mass is 32.2. The normalized spacial score (nSPS) is 12.3. The molecule has 2 aromatic heterocycles. The second-order valence-electron chi connectivity index (χ2n) is 7.96. The van der Waals surface area contributed by atoms with Crippen LogP contribution in [0.1, 0.15) is 5.56 Å². The largest absolute Gasteiger partial charge is 0.299 e. The maximum Gasteiger partial charge on any atom is 0.244 e. The van der Waals surface area contributed by atoms with Crippen molar-refractivity contribution in [2.75, 3.05) is 5.32 Å². The number of amides is 1. The molecule has 5 aromatic rings. The van der Waals surface area contributed by atoms with Gasteiger partial charge in [-0.1, -0.05) is 90.2 Å². The zero-order valence-corrected chi connectivity index (χ0v) is 20.5. The summed E-state index contributed by atoms with van der Waals surface area (Å²) < 4.78 is 29.5. The molecule has 10 heteroatoms. The van der Waals surface area contributed by atoms with E-state index in [-0.39, 0.29) is 16.4 Å². The first kappa shape index (κ1) is 23.7. The van der Waals surface area contributed by atoms with E-state index in [0.717, 1.165) is 11.1 Å². The minimum absolute atomic E-state index is 0.00809. The minimum Gasteiger partial charge on any atom is -0.299 e. The lowest BCUT2D eigenvalue weighted by molar-refractivity contribution is -0.117. The fourth-order valence-electron chi connectivity index (χ4n) is 3.75. The summed E-state index contributed by atoms with van der Waals surface area (Å²) in [5.41, 5.74) is 2.02. The average molecular weight is 516 g/mol. The first-order valence-corrected chi connectivity index (χ1v) is 13.4. The lowest BCUT2D eigenvalue weighted by atomic mass is 10.1. The highest BCUT2D eigenvalue weighted by molar-refractivity contribution is 7.89. The van der Waals surface area contributed by atoms with Crippen molar-refractivity contribution >= 4 is 43.3 Å². The average Bonchev–Trinajstić information content (AvgIpc) is 3.37. The van der Waals surface area contributed by atoms with Crippen LogP contribution in [0.3, 0.4) is 0 Å². The first-order chi connectivity index (χ1) is 17.5. The number of nitrogens with one attached hydrogen (secondary N) is 2. The zero-order chi connectivity index (χ0) is 25.0. The van der Waals surface area contributed by atoms with E-state index >= 15 is 0 Å². The van der Waals surface area contributed by atoms with Crippen LogP contribution in [0.4, 0.5) is 5.13 Å². The number of sulfonamides is 1. The summed E-state index contributed by atoms with van der Waals surface area (Å²) in [5, 5.41) is 12.6. The van der Waals surface area contributed by atoms with E-state index in [1.54, 1.807) is 24.3 Å². The fourth-order valence-corrected chi connectivity index (χ4v) is 5.87. The number of aromatic nitrogens is 3. The number of pyridine rings is 1. The molecule has 36 heavy (non-hydrogen) atoms. The molecule has 3 aromatic carbocycles. The Morgan fingerprint density at radius 1 is 0.861 bits per heavy atom. The van der Waals surface area contributed by atoms with E-state index in [0.29, 0.717) is 15.9 Å². The standard InChI is InChI=1S/C26H21N5O3S2/c32-24(28-26-30-29-25(35-26)20-11-5-2-6-12-20)21(17-18-9-3-1-4-10-18)31-36(33,34)22-15-7-13-19-14-8-16-27-23(19)22/h1-16,21,31H,17H2,(H,28,30,32). The molecule has 180 valence electrons. The fraction of sp³-hybridized carbons (Fsp3) is 0.0769. The number of carbonyl (C=O) groups excluding carboxylic acids is 1. The van der Waals surface area contributed by atoms with Gasteiger partial charge in [0.25, 0.3) is 0 Å². The monoisotopic (exact) mass is 515 g/mol. The Morgan fingerprint density at radius 2 is 1.58 bits per heavy atom. The van der Waals surface area contributed by atoms with Crippen molar-refractivity contribution in [2.24, 2.45) is 0 Å². The van der Waals surface area contributed by atoms with Crippen LogP contribution in [0.2, 0.25) is 0 Å². The second kappa shape index (κ2) is 10.3. The Morgan fingerprint density at radius 3 is 2.36 bits per heavy atom. The summed E-state index contributed by atoms with van der Waals surface area (Å²) in [4.78, 5) is 17.6. The van der Waals surface area contributed by atoms with Crippen molar-refractivity contribution in [3.63, 3.8) is 0 Å². The van der Waals surface area contributed by atoms with Crippen LogP contribution in [-0.4, -0.2) is 35.5 Å². The van der Waals surface area contributed by atoms with Crippen LogP contribution in [-0.2, 0) is 21.2 Å². The van der Waals surface area contributed by atoms with Gasteiger partial charge in [0.05, 0.1) is 5.52 Å². The van der Waals surface area contributed by atoms with Gasteiger partial charge in [-0.05, 0) is 24.1 Å². The van der Waals surface area contributed by atoms with Gasteiger partial charge in [0, 0.05) is 17.1 Å². The van der Waals surface area contributed by atoms with Crippen LogP contribution >= 0.6 is 11.3 Å². The molecule has 8 nitrogen and oxygen atoms in total. The minimum atomic E-state index is -4.09. The molecule has 0 fully saturated rings. The van der Waals surface area contributed by atoms with E-state index in [4.69, 9.17) is 0 Å². The van der Waals surface area contributed by atoms with Crippen molar-refractivity contribution in [3.05, 3.63) is 103 Å². The maximum absolute atomic E-state index is 13.4. The van der Waals surface area contributed by atoms with Crippen LogP contribution in [0.15, 0.2) is 102 Å². The molecule has 0 aliphatic heterocycles. The third kappa shape index (κ3) is 5.30. The molecule has 0 aliphatic rings. The third-order valence-corrected chi connectivity index (χ3v) is 7.85. The summed E-state index contributed by atoms with van der Waals surface area (Å²) in [6, 6.07) is 26.0. The number of rotatable bonds is 8. The number of anilines is 1. The predicted octanol–water partition coefficient (Wildman–Crippen LogP) is 4.28. The van der Waals surface area contributed by atoms with E-state index in [2.05, 4.69) is 25.2 Å². The van der Waals surface area contributed by atoms with Crippen LogP contribution in [0.25, 0.3) is 21.5 Å². The smallest absolute Gasteiger partial charge is 0.244 e. The summed E-state index contributed by atoms with van der Waals surface area (Å²) in [7, 11) is -4.09. The number of para-hydroxylation sites is 1. The predicted molar refractivity (Wildman–Crippen MR) is 140 cm³/mol. The Bertz CT molecular complexity index is 1600. The van der Waals surface area contributed by atoms with Crippen LogP contribution in [0.5, 0.6) is 0 Å². The number of carbonyl (C=O) groups is 1. The van der Waals surface area contributed by atoms with Gasteiger partial charge in [0.2, 0.25) is 21.1 Å². The number of benzene rings is 3. The molecule has 1 unspecified atom stereocenters. The lowest BCUT2D eigenvalue weighted by Gasteiger charge is -2.18. The van der Waals surface area contributed by atoms with Gasteiger partial charge in [-0.25, -0.2) is 8.42 Å². The van der Waals surface area contributed by atoms with Crippen molar-refractivity contribution in [1.82, 2.24) is 19.9 Å². The lowest BCUT2D eigenvalue weighted by Crippen LogP contribution is -2.45. The van der Waals surface area contributed by atoms with Crippen LogP contribution < -0.4 is 10.0 Å². The molecule has 0 spiro atoms. The molecule has 5 rings (SSSR count). The van der Waals surface area contributed by atoms with Crippen molar-refractivity contribution in [3.8, 4) is 10.6 Å². The third-order valence-electron chi connectivity index (χ3n) is 5.46. The Labute approximate surface area is 212 Å². The zero-order valence-electron chi connectivity index (χ0n) is 18.9. The molecular weight excluding hydrogens is 494 g/mol. The van der Waals surface area contributed by atoms with E-state index < -0.39 is 22.0 Å². The summed E-state index contributed by atoms with van der Waals surface area (Å²) >= 11 is 1.21. The number of hydrogen-bond donors (Lipinski definition) is 2. The van der Waals surface area contributed by atoms with Gasteiger partial charge in [-0.15, -0.1) is 10.2 Å². The molecule has 1 atom stereocenters. The van der Waals surface area contributed by atoms with Crippen molar-refractivity contribution in [1.29, 1.82) is 0 Å². The first-order valence-electron chi connectivity index (χ1n) is 11.1. The molecule has 0 saturated carbocycles. The maximum atomic E-state index is 13.4. The highest BCUT2D eigenvalue weighted by Gasteiger charge is 2.28. The SMILES string of the molecule is O=C(Nc1nnc(-c2ccccc2)s1)C(Cc1ccccc1)NS(=O)(=O)c1cccc2cccnc12. The number of hydrogen-bond acceptors (Lipinski definition) is 7. The molecule has 0 radical (unpaired) electrons. The molecular formula is C26H21N5O3S2.